The molecule has 1 atom stereocenters. The number of aromatic nitrogens is 3. The summed E-state index contributed by atoms with van der Waals surface area (Å²) in [6, 6.07) is 7.65. The number of nitrogens with zero attached hydrogens (tertiary/aromatic N) is 4. The summed E-state index contributed by atoms with van der Waals surface area (Å²) in [6.07, 6.45) is 4.91. The van der Waals surface area contributed by atoms with Gasteiger partial charge >= 0.3 is 5.69 Å². The predicted octanol–water partition coefficient (Wildman–Crippen LogP) is 0.732. The minimum Gasteiger partial charge on any atom is -0.355 e. The molecule has 7 nitrogen and oxygen atoms in total. The van der Waals surface area contributed by atoms with Crippen LogP contribution < -0.4 is 15.9 Å². The van der Waals surface area contributed by atoms with E-state index in [1.54, 1.807) is 12.3 Å². The fourth-order valence-electron chi connectivity index (χ4n) is 2.94. The lowest BCUT2D eigenvalue weighted by Crippen LogP contribution is -2.49. The lowest BCUT2D eigenvalue weighted by molar-refractivity contribution is -0.122. The Morgan fingerprint density at radius 1 is 1.38 bits per heavy atom. The zero-order valence-corrected chi connectivity index (χ0v) is 13.7. The van der Waals surface area contributed by atoms with Crippen LogP contribution in [0.3, 0.4) is 0 Å². The minimum atomic E-state index is -0.415. The molecular weight excluding hydrogens is 306 g/mol. The molecule has 3 heterocycles. The number of nitrogens with one attached hydrogen (secondary N) is 1. The third-order valence-corrected chi connectivity index (χ3v) is 4.08. The van der Waals surface area contributed by atoms with Gasteiger partial charge in [0.25, 0.3) is 0 Å². The molecule has 2 aromatic heterocycles. The first kappa shape index (κ1) is 16.2. The molecule has 0 radical (unpaired) electrons. The molecule has 0 spiro atoms. The van der Waals surface area contributed by atoms with Crippen LogP contribution in [0.5, 0.6) is 0 Å². The normalized spacial score (nSPS) is 17.5. The number of piperidine rings is 1. The van der Waals surface area contributed by atoms with E-state index in [2.05, 4.69) is 20.2 Å². The highest BCUT2D eigenvalue weighted by Gasteiger charge is 2.22. The molecule has 3 rings (SSSR count). The smallest absolute Gasteiger partial charge is 0.347 e. The fourth-order valence-corrected chi connectivity index (χ4v) is 2.94. The van der Waals surface area contributed by atoms with Crippen molar-refractivity contribution in [2.75, 3.05) is 18.0 Å². The molecule has 0 aliphatic carbocycles. The Morgan fingerprint density at radius 2 is 2.25 bits per heavy atom. The van der Waals surface area contributed by atoms with Crippen molar-refractivity contribution in [1.82, 2.24) is 19.9 Å². The molecule has 1 amide bonds. The van der Waals surface area contributed by atoms with Gasteiger partial charge in [-0.3, -0.25) is 9.36 Å². The number of carbonyl (C=O) groups excluding carboxylic acids is 1. The Bertz CT molecular complexity index is 773. The SMILES string of the molecule is Cc1cccc(N2CCC[C@H](NC(=O)Cn3cccnc3=O)C2)n1. The zero-order chi connectivity index (χ0) is 16.9. The zero-order valence-electron chi connectivity index (χ0n) is 13.7. The van der Waals surface area contributed by atoms with Crippen LogP contribution in [0.4, 0.5) is 5.82 Å². The number of carbonyl (C=O) groups is 1. The van der Waals surface area contributed by atoms with Gasteiger partial charge in [0.15, 0.2) is 0 Å². The van der Waals surface area contributed by atoms with E-state index in [1.807, 2.05) is 25.1 Å². The van der Waals surface area contributed by atoms with E-state index in [9.17, 15) is 9.59 Å². The molecule has 2 aromatic rings. The highest BCUT2D eigenvalue weighted by Crippen LogP contribution is 2.18. The summed E-state index contributed by atoms with van der Waals surface area (Å²) in [4.78, 5) is 34.2. The van der Waals surface area contributed by atoms with Gasteiger partial charge in [0.1, 0.15) is 12.4 Å². The van der Waals surface area contributed by atoms with Gasteiger partial charge in [0.05, 0.1) is 0 Å². The van der Waals surface area contributed by atoms with Crippen molar-refractivity contribution in [3.05, 3.63) is 52.8 Å². The van der Waals surface area contributed by atoms with Crippen molar-refractivity contribution in [2.24, 2.45) is 0 Å². The Kier molecular flexibility index (Phi) is 4.88. The van der Waals surface area contributed by atoms with Gasteiger partial charge in [-0.2, -0.15) is 0 Å². The predicted molar refractivity (Wildman–Crippen MR) is 90.8 cm³/mol. The Balaban J connectivity index is 1.60. The van der Waals surface area contributed by atoms with E-state index in [4.69, 9.17) is 0 Å². The van der Waals surface area contributed by atoms with Gasteiger partial charge in [-0.1, -0.05) is 6.07 Å². The molecule has 1 N–H and O–H groups in total. The summed E-state index contributed by atoms with van der Waals surface area (Å²) in [5.41, 5.74) is 0.566. The molecule has 0 unspecified atom stereocenters. The van der Waals surface area contributed by atoms with Crippen LogP contribution in [0.25, 0.3) is 0 Å². The van der Waals surface area contributed by atoms with Gasteiger partial charge < -0.3 is 10.2 Å². The second-order valence-electron chi connectivity index (χ2n) is 6.02. The molecule has 7 heteroatoms. The van der Waals surface area contributed by atoms with E-state index in [-0.39, 0.29) is 18.5 Å². The van der Waals surface area contributed by atoms with Gasteiger partial charge in [0, 0.05) is 37.2 Å². The number of rotatable bonds is 4. The van der Waals surface area contributed by atoms with Crippen molar-refractivity contribution < 1.29 is 4.79 Å². The van der Waals surface area contributed by atoms with Crippen LogP contribution in [-0.4, -0.2) is 39.6 Å². The molecule has 0 aromatic carbocycles. The molecule has 0 bridgehead atoms. The van der Waals surface area contributed by atoms with E-state index < -0.39 is 5.69 Å². The van der Waals surface area contributed by atoms with Crippen molar-refractivity contribution in [2.45, 2.75) is 32.4 Å². The maximum atomic E-state index is 12.2. The Morgan fingerprint density at radius 3 is 3.04 bits per heavy atom. The number of aryl methyl sites for hydroxylation is 1. The molecule has 126 valence electrons. The first-order valence-corrected chi connectivity index (χ1v) is 8.11. The maximum absolute atomic E-state index is 12.2. The van der Waals surface area contributed by atoms with Crippen molar-refractivity contribution in [3.63, 3.8) is 0 Å². The topological polar surface area (TPSA) is 80.1 Å². The quantitative estimate of drug-likeness (QED) is 0.895. The highest BCUT2D eigenvalue weighted by molar-refractivity contribution is 5.76. The Labute approximate surface area is 140 Å². The van der Waals surface area contributed by atoms with Crippen LogP contribution >= 0.6 is 0 Å². The first-order valence-electron chi connectivity index (χ1n) is 8.11. The average Bonchev–Trinajstić information content (AvgIpc) is 2.57. The van der Waals surface area contributed by atoms with Gasteiger partial charge in [-0.15, -0.1) is 0 Å². The van der Waals surface area contributed by atoms with Crippen LogP contribution in [0.1, 0.15) is 18.5 Å². The van der Waals surface area contributed by atoms with Crippen molar-refractivity contribution in [3.8, 4) is 0 Å². The summed E-state index contributed by atoms with van der Waals surface area (Å²) in [7, 11) is 0. The minimum absolute atomic E-state index is 0.00807. The molecule has 1 saturated heterocycles. The molecular formula is C17H21N5O2. The number of hydrogen-bond acceptors (Lipinski definition) is 5. The number of hydrogen-bond donors (Lipinski definition) is 1. The standard InChI is InChI=1S/C17H21N5O2/c1-13-5-2-7-15(19-13)21-9-3-6-14(11-21)20-16(23)12-22-10-4-8-18-17(22)24/h2,4-5,7-8,10,14H,3,6,9,11-12H2,1H3,(H,20,23)/t14-/m0/s1. The van der Waals surface area contributed by atoms with E-state index in [1.165, 1.54) is 10.8 Å². The summed E-state index contributed by atoms with van der Waals surface area (Å²) in [5.74, 6) is 0.770. The largest absolute Gasteiger partial charge is 0.355 e. The molecule has 0 saturated carbocycles. The fraction of sp³-hybridized carbons (Fsp3) is 0.412. The molecule has 1 fully saturated rings. The molecule has 1 aliphatic heterocycles. The maximum Gasteiger partial charge on any atom is 0.347 e. The Hall–Kier alpha value is -2.70. The summed E-state index contributed by atoms with van der Waals surface area (Å²) < 4.78 is 1.30. The van der Waals surface area contributed by atoms with Gasteiger partial charge in [-0.05, 0) is 38.0 Å². The second-order valence-corrected chi connectivity index (χ2v) is 6.02. The number of amides is 1. The second kappa shape index (κ2) is 7.25. The third kappa shape index (κ3) is 3.98. The highest BCUT2D eigenvalue weighted by atomic mass is 16.2. The van der Waals surface area contributed by atoms with Crippen LogP contribution in [0.2, 0.25) is 0 Å². The van der Waals surface area contributed by atoms with E-state index >= 15 is 0 Å². The summed E-state index contributed by atoms with van der Waals surface area (Å²) in [5, 5.41) is 3.01. The average molecular weight is 327 g/mol. The van der Waals surface area contributed by atoms with Crippen LogP contribution in [0.15, 0.2) is 41.5 Å². The first-order chi connectivity index (χ1) is 11.6. The van der Waals surface area contributed by atoms with Crippen molar-refractivity contribution in [1.29, 1.82) is 0 Å². The van der Waals surface area contributed by atoms with Gasteiger partial charge in [0.2, 0.25) is 5.91 Å². The summed E-state index contributed by atoms with van der Waals surface area (Å²) >= 11 is 0. The molecule has 1 aliphatic rings. The summed E-state index contributed by atoms with van der Waals surface area (Å²) in [6.45, 7) is 3.62. The third-order valence-electron chi connectivity index (χ3n) is 4.08. The number of pyridine rings is 1. The lowest BCUT2D eigenvalue weighted by atomic mass is 10.1. The van der Waals surface area contributed by atoms with Crippen LogP contribution in [0, 0.1) is 6.92 Å². The number of anilines is 1. The van der Waals surface area contributed by atoms with Gasteiger partial charge in [-0.25, -0.2) is 14.8 Å². The van der Waals surface area contributed by atoms with Crippen LogP contribution in [-0.2, 0) is 11.3 Å². The monoisotopic (exact) mass is 327 g/mol. The van der Waals surface area contributed by atoms with E-state index in [0.29, 0.717) is 0 Å². The van der Waals surface area contributed by atoms with E-state index in [0.717, 1.165) is 37.4 Å². The van der Waals surface area contributed by atoms with Crippen molar-refractivity contribution >= 4 is 11.7 Å². The lowest BCUT2D eigenvalue weighted by Gasteiger charge is -2.34. The molecule has 24 heavy (non-hydrogen) atoms.